The molecule has 1 aliphatic heterocycles. The lowest BCUT2D eigenvalue weighted by molar-refractivity contribution is -0.141. The van der Waals surface area contributed by atoms with Crippen LogP contribution in [0.4, 0.5) is 4.39 Å². The molecule has 1 N–H and O–H groups in total. The molecule has 3 rings (SSSR count). The van der Waals surface area contributed by atoms with Gasteiger partial charge in [-0.15, -0.1) is 0 Å². The number of hydrogen-bond acceptors (Lipinski definition) is 3. The molecular formula is C14H13ClFN3O3. The van der Waals surface area contributed by atoms with Gasteiger partial charge in [-0.05, 0) is 30.5 Å². The van der Waals surface area contributed by atoms with Crippen molar-refractivity contribution in [1.82, 2.24) is 14.3 Å². The van der Waals surface area contributed by atoms with Gasteiger partial charge in [0.1, 0.15) is 17.7 Å². The second-order valence-electron chi connectivity index (χ2n) is 5.21. The molecule has 0 amide bonds. The summed E-state index contributed by atoms with van der Waals surface area (Å²) in [4.78, 5) is 23.7. The van der Waals surface area contributed by atoms with Crippen molar-refractivity contribution >= 4 is 17.6 Å². The van der Waals surface area contributed by atoms with Crippen molar-refractivity contribution in [1.29, 1.82) is 0 Å². The highest BCUT2D eigenvalue weighted by Crippen LogP contribution is 2.22. The first-order valence-corrected chi connectivity index (χ1v) is 7.20. The summed E-state index contributed by atoms with van der Waals surface area (Å²) in [5.74, 6) is -1.04. The highest BCUT2D eigenvalue weighted by molar-refractivity contribution is 6.31. The number of halogens is 2. The number of carboxylic acid groups (broad SMARTS) is 1. The number of aliphatic carboxylic acids is 1. The Labute approximate surface area is 129 Å². The van der Waals surface area contributed by atoms with E-state index < -0.39 is 23.5 Å². The molecule has 1 aliphatic rings. The van der Waals surface area contributed by atoms with E-state index in [1.807, 2.05) is 0 Å². The van der Waals surface area contributed by atoms with Crippen LogP contribution in [0.2, 0.25) is 5.02 Å². The quantitative estimate of drug-likeness (QED) is 0.934. The Morgan fingerprint density at radius 1 is 1.50 bits per heavy atom. The second-order valence-corrected chi connectivity index (χ2v) is 5.62. The van der Waals surface area contributed by atoms with Gasteiger partial charge in [0, 0.05) is 11.4 Å². The fraction of sp³-hybridized carbons (Fsp3) is 0.357. The maximum absolute atomic E-state index is 13.1. The number of hydrogen-bond donors (Lipinski definition) is 1. The molecule has 2 aromatic rings. The van der Waals surface area contributed by atoms with Gasteiger partial charge < -0.3 is 5.11 Å². The van der Waals surface area contributed by atoms with E-state index in [0.717, 1.165) is 6.07 Å². The first-order valence-electron chi connectivity index (χ1n) is 6.82. The molecule has 1 aromatic carbocycles. The summed E-state index contributed by atoms with van der Waals surface area (Å²) in [6.07, 6.45) is 1.64. The molecule has 0 spiro atoms. The van der Waals surface area contributed by atoms with E-state index in [0.29, 0.717) is 30.7 Å². The second kappa shape index (κ2) is 5.57. The van der Waals surface area contributed by atoms with Gasteiger partial charge in [0.25, 0.3) is 0 Å². The lowest BCUT2D eigenvalue weighted by atomic mass is 10.1. The lowest BCUT2D eigenvalue weighted by Gasteiger charge is -2.19. The molecule has 0 aliphatic carbocycles. The number of aryl methyl sites for hydroxylation is 1. The summed E-state index contributed by atoms with van der Waals surface area (Å²) in [5, 5.41) is 13.6. The van der Waals surface area contributed by atoms with E-state index in [2.05, 4.69) is 5.10 Å². The number of fused-ring (bicyclic) bond motifs is 1. The van der Waals surface area contributed by atoms with Crippen LogP contribution in [0, 0.1) is 5.82 Å². The van der Waals surface area contributed by atoms with Crippen molar-refractivity contribution in [2.24, 2.45) is 0 Å². The van der Waals surface area contributed by atoms with Crippen molar-refractivity contribution in [3.05, 3.63) is 50.9 Å². The molecule has 116 valence electrons. The summed E-state index contributed by atoms with van der Waals surface area (Å²) in [6.45, 7) is 0.0737. The number of nitrogens with zero attached hydrogens (tertiary/aromatic N) is 3. The molecule has 6 nitrogen and oxygen atoms in total. The maximum Gasteiger partial charge on any atom is 0.347 e. The van der Waals surface area contributed by atoms with Gasteiger partial charge >= 0.3 is 11.7 Å². The number of aromatic nitrogens is 3. The van der Waals surface area contributed by atoms with Crippen LogP contribution in [0.15, 0.2) is 23.0 Å². The van der Waals surface area contributed by atoms with E-state index in [1.54, 1.807) is 0 Å². The minimum Gasteiger partial charge on any atom is -0.480 e. The van der Waals surface area contributed by atoms with Crippen molar-refractivity contribution in [3.8, 4) is 0 Å². The molecule has 1 unspecified atom stereocenters. The summed E-state index contributed by atoms with van der Waals surface area (Å²) in [6, 6.07) is 3.02. The zero-order valence-corrected chi connectivity index (χ0v) is 12.3. The number of carbonyl (C=O) groups is 1. The van der Waals surface area contributed by atoms with Crippen molar-refractivity contribution in [2.45, 2.75) is 31.8 Å². The predicted molar refractivity (Wildman–Crippen MR) is 76.6 cm³/mol. The van der Waals surface area contributed by atoms with Crippen LogP contribution in [0.5, 0.6) is 0 Å². The smallest absolute Gasteiger partial charge is 0.347 e. The Morgan fingerprint density at radius 2 is 2.27 bits per heavy atom. The standard InChI is InChI=1S/C14H13ClFN3O3/c15-10-6-9(16)5-4-8(10)7-18-14(22)19-11(13(20)21)2-1-3-12(19)17-18/h4-6,11H,1-3,7H2,(H,20,21). The third-order valence-corrected chi connectivity index (χ3v) is 4.10. The van der Waals surface area contributed by atoms with E-state index in [1.165, 1.54) is 21.4 Å². The Hall–Kier alpha value is -2.15. The van der Waals surface area contributed by atoms with E-state index in [4.69, 9.17) is 11.6 Å². The molecule has 0 saturated heterocycles. The van der Waals surface area contributed by atoms with Gasteiger partial charge in [-0.25, -0.2) is 18.7 Å². The Balaban J connectivity index is 2.00. The van der Waals surface area contributed by atoms with E-state index >= 15 is 0 Å². The molecule has 0 radical (unpaired) electrons. The Morgan fingerprint density at radius 3 is 2.95 bits per heavy atom. The Kier molecular flexibility index (Phi) is 3.74. The number of rotatable bonds is 3. The lowest BCUT2D eigenvalue weighted by Crippen LogP contribution is -2.34. The fourth-order valence-electron chi connectivity index (χ4n) is 2.68. The highest BCUT2D eigenvalue weighted by atomic mass is 35.5. The Bertz CT molecular complexity index is 799. The van der Waals surface area contributed by atoms with Gasteiger partial charge in [0.05, 0.1) is 6.54 Å². The van der Waals surface area contributed by atoms with Gasteiger partial charge in [-0.2, -0.15) is 5.10 Å². The zero-order chi connectivity index (χ0) is 15.9. The average Bonchev–Trinajstić information content (AvgIpc) is 2.78. The van der Waals surface area contributed by atoms with Crippen LogP contribution in [-0.2, 0) is 17.8 Å². The third-order valence-electron chi connectivity index (χ3n) is 3.75. The van der Waals surface area contributed by atoms with Crippen LogP contribution < -0.4 is 5.69 Å². The predicted octanol–water partition coefficient (Wildman–Crippen LogP) is 1.85. The van der Waals surface area contributed by atoms with Crippen LogP contribution in [0.25, 0.3) is 0 Å². The van der Waals surface area contributed by atoms with E-state index in [-0.39, 0.29) is 11.6 Å². The molecule has 0 saturated carbocycles. The van der Waals surface area contributed by atoms with Crippen LogP contribution >= 0.6 is 11.6 Å². The maximum atomic E-state index is 13.1. The monoisotopic (exact) mass is 325 g/mol. The minimum absolute atomic E-state index is 0.0737. The molecule has 0 bridgehead atoms. The van der Waals surface area contributed by atoms with Crippen LogP contribution in [0.1, 0.15) is 30.3 Å². The van der Waals surface area contributed by atoms with Gasteiger partial charge in [0.2, 0.25) is 0 Å². The van der Waals surface area contributed by atoms with E-state index in [9.17, 15) is 19.1 Å². The topological polar surface area (TPSA) is 77.1 Å². The van der Waals surface area contributed by atoms with Crippen molar-refractivity contribution < 1.29 is 14.3 Å². The number of benzene rings is 1. The highest BCUT2D eigenvalue weighted by Gasteiger charge is 2.30. The molecule has 1 atom stereocenters. The average molecular weight is 326 g/mol. The molecule has 8 heteroatoms. The van der Waals surface area contributed by atoms with Crippen molar-refractivity contribution in [2.75, 3.05) is 0 Å². The molecular weight excluding hydrogens is 313 g/mol. The van der Waals surface area contributed by atoms with Gasteiger partial charge in [0.15, 0.2) is 0 Å². The number of carboxylic acids is 1. The van der Waals surface area contributed by atoms with Gasteiger partial charge in [-0.3, -0.25) is 4.57 Å². The summed E-state index contributed by atoms with van der Waals surface area (Å²) in [5.41, 5.74) is 0.0648. The summed E-state index contributed by atoms with van der Waals surface area (Å²) >= 11 is 5.95. The van der Waals surface area contributed by atoms with Crippen LogP contribution in [0.3, 0.4) is 0 Å². The summed E-state index contributed by atoms with van der Waals surface area (Å²) < 4.78 is 15.5. The largest absolute Gasteiger partial charge is 0.480 e. The zero-order valence-electron chi connectivity index (χ0n) is 11.5. The SMILES string of the molecule is O=C(O)C1CCCc2nn(Cc3ccc(F)cc3Cl)c(=O)n21. The normalized spacial score (nSPS) is 17.3. The van der Waals surface area contributed by atoms with Gasteiger partial charge in [-0.1, -0.05) is 17.7 Å². The minimum atomic E-state index is -1.04. The van der Waals surface area contributed by atoms with Crippen LogP contribution in [-0.4, -0.2) is 25.4 Å². The summed E-state index contributed by atoms with van der Waals surface area (Å²) in [7, 11) is 0. The molecule has 1 aromatic heterocycles. The first-order chi connectivity index (χ1) is 10.5. The fourth-order valence-corrected chi connectivity index (χ4v) is 2.91. The third kappa shape index (κ3) is 2.52. The molecule has 0 fully saturated rings. The van der Waals surface area contributed by atoms with Crippen molar-refractivity contribution in [3.63, 3.8) is 0 Å². The molecule has 2 heterocycles. The first kappa shape index (κ1) is 14.8. The molecule has 22 heavy (non-hydrogen) atoms.